The molecule has 1 aliphatic heterocycles. The number of hydrogen-bond acceptors (Lipinski definition) is 4. The zero-order valence-electron chi connectivity index (χ0n) is 12.4. The molecular formula is C17H18N4O. The van der Waals surface area contributed by atoms with Gasteiger partial charge in [-0.3, -0.25) is 4.90 Å². The molecule has 3 aromatic rings. The van der Waals surface area contributed by atoms with Crippen molar-refractivity contribution in [2.75, 3.05) is 26.3 Å². The maximum atomic E-state index is 5.39. The quantitative estimate of drug-likeness (QED) is 0.743. The molecule has 5 nitrogen and oxygen atoms in total. The zero-order valence-corrected chi connectivity index (χ0v) is 12.4. The first-order chi connectivity index (χ1) is 10.9. The van der Waals surface area contributed by atoms with Crippen molar-refractivity contribution in [1.82, 2.24) is 19.5 Å². The lowest BCUT2D eigenvalue weighted by molar-refractivity contribution is 0.0341. The number of fused-ring (bicyclic) bond motifs is 1. The average Bonchev–Trinajstić information content (AvgIpc) is 3.00. The van der Waals surface area contributed by atoms with Gasteiger partial charge in [0.1, 0.15) is 0 Å². The van der Waals surface area contributed by atoms with Gasteiger partial charge in [0.2, 0.25) is 0 Å². The van der Waals surface area contributed by atoms with Crippen molar-refractivity contribution in [3.63, 3.8) is 0 Å². The van der Waals surface area contributed by atoms with Crippen LogP contribution < -0.4 is 0 Å². The third kappa shape index (κ3) is 2.61. The Balaban J connectivity index is 1.62. The summed E-state index contributed by atoms with van der Waals surface area (Å²) in [5.41, 5.74) is 4.29. The fourth-order valence-electron chi connectivity index (χ4n) is 2.83. The van der Waals surface area contributed by atoms with E-state index in [0.29, 0.717) is 0 Å². The molecule has 1 aliphatic rings. The molecule has 0 aliphatic carbocycles. The van der Waals surface area contributed by atoms with Gasteiger partial charge in [-0.25, -0.2) is 9.50 Å². The van der Waals surface area contributed by atoms with Crippen LogP contribution in [-0.4, -0.2) is 45.8 Å². The van der Waals surface area contributed by atoms with Gasteiger partial charge in [-0.15, -0.1) is 0 Å². The number of rotatable bonds is 3. The summed E-state index contributed by atoms with van der Waals surface area (Å²) in [5.74, 6) is 0. The first kappa shape index (κ1) is 13.4. The second-order valence-electron chi connectivity index (χ2n) is 5.54. The van der Waals surface area contributed by atoms with Gasteiger partial charge in [-0.05, 0) is 5.56 Å². The SMILES string of the molecule is c1ccc(-c2cnn3cc(CN4CCOCC4)cnc23)cc1. The average molecular weight is 294 g/mol. The van der Waals surface area contributed by atoms with Crippen LogP contribution >= 0.6 is 0 Å². The Kier molecular flexibility index (Phi) is 3.58. The lowest BCUT2D eigenvalue weighted by atomic mass is 10.1. The maximum absolute atomic E-state index is 5.39. The molecule has 1 saturated heterocycles. The third-order valence-electron chi connectivity index (χ3n) is 4.00. The van der Waals surface area contributed by atoms with Crippen molar-refractivity contribution < 1.29 is 4.74 Å². The first-order valence-electron chi connectivity index (χ1n) is 7.58. The van der Waals surface area contributed by atoms with Gasteiger partial charge in [0, 0.05) is 43.2 Å². The minimum Gasteiger partial charge on any atom is -0.379 e. The van der Waals surface area contributed by atoms with E-state index >= 15 is 0 Å². The van der Waals surface area contributed by atoms with Gasteiger partial charge in [-0.1, -0.05) is 30.3 Å². The number of benzene rings is 1. The summed E-state index contributed by atoms with van der Waals surface area (Å²) < 4.78 is 7.26. The molecule has 3 heterocycles. The lowest BCUT2D eigenvalue weighted by Gasteiger charge is -2.26. The van der Waals surface area contributed by atoms with Crippen LogP contribution in [0.25, 0.3) is 16.8 Å². The molecule has 0 N–H and O–H groups in total. The first-order valence-corrected chi connectivity index (χ1v) is 7.58. The molecule has 0 amide bonds. The van der Waals surface area contributed by atoms with Crippen molar-refractivity contribution in [3.05, 3.63) is 54.5 Å². The van der Waals surface area contributed by atoms with Gasteiger partial charge in [0.05, 0.1) is 19.4 Å². The third-order valence-corrected chi connectivity index (χ3v) is 4.00. The fraction of sp³-hybridized carbons (Fsp3) is 0.294. The molecule has 5 heteroatoms. The van der Waals surface area contributed by atoms with Gasteiger partial charge >= 0.3 is 0 Å². The minimum atomic E-state index is 0.815. The monoisotopic (exact) mass is 294 g/mol. The van der Waals surface area contributed by atoms with Crippen LogP contribution in [0.5, 0.6) is 0 Å². The highest BCUT2D eigenvalue weighted by Crippen LogP contribution is 2.22. The van der Waals surface area contributed by atoms with E-state index in [1.165, 1.54) is 5.56 Å². The summed E-state index contributed by atoms with van der Waals surface area (Å²) in [6.07, 6.45) is 5.92. The van der Waals surface area contributed by atoms with E-state index in [1.54, 1.807) is 0 Å². The highest BCUT2D eigenvalue weighted by Gasteiger charge is 2.12. The molecular weight excluding hydrogens is 276 g/mol. The summed E-state index contributed by atoms with van der Waals surface area (Å²) in [6, 6.07) is 10.3. The number of ether oxygens (including phenoxy) is 1. The molecule has 0 radical (unpaired) electrons. The normalized spacial score (nSPS) is 16.2. The molecule has 4 rings (SSSR count). The Morgan fingerprint density at radius 1 is 1.05 bits per heavy atom. The van der Waals surface area contributed by atoms with Crippen LogP contribution in [0.3, 0.4) is 0 Å². The number of nitrogens with zero attached hydrogens (tertiary/aromatic N) is 4. The van der Waals surface area contributed by atoms with Crippen molar-refractivity contribution >= 4 is 5.65 Å². The summed E-state index contributed by atoms with van der Waals surface area (Å²) in [7, 11) is 0. The molecule has 0 unspecified atom stereocenters. The largest absolute Gasteiger partial charge is 0.379 e. The van der Waals surface area contributed by atoms with Gasteiger partial charge in [0.15, 0.2) is 5.65 Å². The predicted octanol–water partition coefficient (Wildman–Crippen LogP) is 2.23. The van der Waals surface area contributed by atoms with Crippen LogP contribution in [0, 0.1) is 0 Å². The Labute approximate surface area is 129 Å². The molecule has 1 fully saturated rings. The smallest absolute Gasteiger partial charge is 0.162 e. The zero-order chi connectivity index (χ0) is 14.8. The van der Waals surface area contributed by atoms with Crippen LogP contribution in [0.4, 0.5) is 0 Å². The standard InChI is InChI=1S/C17H18N4O/c1-2-4-15(5-3-1)16-11-19-21-13-14(10-18-17(16)21)12-20-6-8-22-9-7-20/h1-5,10-11,13H,6-9,12H2. The van der Waals surface area contributed by atoms with Crippen molar-refractivity contribution in [2.45, 2.75) is 6.54 Å². The van der Waals surface area contributed by atoms with Crippen LogP contribution in [0.1, 0.15) is 5.56 Å². The highest BCUT2D eigenvalue weighted by atomic mass is 16.5. The van der Waals surface area contributed by atoms with Crippen molar-refractivity contribution in [2.24, 2.45) is 0 Å². The van der Waals surface area contributed by atoms with Crippen molar-refractivity contribution in [1.29, 1.82) is 0 Å². The molecule has 0 spiro atoms. The maximum Gasteiger partial charge on any atom is 0.162 e. The predicted molar refractivity (Wildman–Crippen MR) is 84.5 cm³/mol. The second kappa shape index (κ2) is 5.87. The fourth-order valence-corrected chi connectivity index (χ4v) is 2.83. The van der Waals surface area contributed by atoms with Gasteiger partial charge in [0.25, 0.3) is 0 Å². The molecule has 0 saturated carbocycles. The van der Waals surface area contributed by atoms with Gasteiger partial charge in [-0.2, -0.15) is 5.10 Å². The van der Waals surface area contributed by atoms with Crippen LogP contribution in [-0.2, 0) is 11.3 Å². The van der Waals surface area contributed by atoms with E-state index in [2.05, 4.69) is 33.3 Å². The Morgan fingerprint density at radius 3 is 2.68 bits per heavy atom. The molecule has 112 valence electrons. The topological polar surface area (TPSA) is 42.7 Å². The van der Waals surface area contributed by atoms with E-state index in [0.717, 1.165) is 49.6 Å². The Bertz CT molecular complexity index is 763. The van der Waals surface area contributed by atoms with Crippen LogP contribution in [0.15, 0.2) is 48.9 Å². The number of hydrogen-bond donors (Lipinski definition) is 0. The summed E-state index contributed by atoms with van der Waals surface area (Å²) >= 11 is 0. The molecule has 2 aromatic heterocycles. The Hall–Kier alpha value is -2.24. The molecule has 22 heavy (non-hydrogen) atoms. The minimum absolute atomic E-state index is 0.815. The van der Waals surface area contributed by atoms with Gasteiger partial charge < -0.3 is 4.74 Å². The molecule has 0 atom stereocenters. The van der Waals surface area contributed by atoms with E-state index in [1.807, 2.05) is 35.1 Å². The van der Waals surface area contributed by atoms with E-state index < -0.39 is 0 Å². The molecule has 0 bridgehead atoms. The summed E-state index contributed by atoms with van der Waals surface area (Å²) in [4.78, 5) is 7.01. The summed E-state index contributed by atoms with van der Waals surface area (Å²) in [5, 5.41) is 4.46. The molecule has 1 aromatic carbocycles. The number of morpholine rings is 1. The van der Waals surface area contributed by atoms with E-state index in [-0.39, 0.29) is 0 Å². The lowest BCUT2D eigenvalue weighted by Crippen LogP contribution is -2.35. The van der Waals surface area contributed by atoms with E-state index in [4.69, 9.17) is 4.74 Å². The summed E-state index contributed by atoms with van der Waals surface area (Å²) in [6.45, 7) is 4.48. The van der Waals surface area contributed by atoms with Crippen molar-refractivity contribution in [3.8, 4) is 11.1 Å². The Morgan fingerprint density at radius 2 is 1.86 bits per heavy atom. The highest BCUT2D eigenvalue weighted by molar-refractivity contribution is 5.76. The van der Waals surface area contributed by atoms with E-state index in [9.17, 15) is 0 Å². The van der Waals surface area contributed by atoms with Crippen LogP contribution in [0.2, 0.25) is 0 Å². The number of aromatic nitrogens is 3. The second-order valence-corrected chi connectivity index (χ2v) is 5.54.